The first-order chi connectivity index (χ1) is 9.08. The van der Waals surface area contributed by atoms with Crippen LogP contribution in [-0.2, 0) is 14.6 Å². The van der Waals surface area contributed by atoms with Gasteiger partial charge in [0.2, 0.25) is 5.91 Å². The van der Waals surface area contributed by atoms with Crippen molar-refractivity contribution in [3.63, 3.8) is 0 Å². The molecule has 0 aromatic heterocycles. The van der Waals surface area contributed by atoms with Crippen LogP contribution in [0, 0.1) is 5.92 Å². The summed E-state index contributed by atoms with van der Waals surface area (Å²) in [7, 11) is -2.94. The SMILES string of the molecule is O=C(CCC1CCCNC1)NCC1CCCS1(=O)=O. The molecule has 0 spiro atoms. The van der Waals surface area contributed by atoms with Crippen LogP contribution < -0.4 is 10.6 Å². The van der Waals surface area contributed by atoms with Crippen LogP contribution in [-0.4, -0.2) is 45.0 Å². The second kappa shape index (κ2) is 6.70. The number of amides is 1. The average molecular weight is 288 g/mol. The summed E-state index contributed by atoms with van der Waals surface area (Å²) >= 11 is 0. The van der Waals surface area contributed by atoms with Crippen LogP contribution in [0.1, 0.15) is 38.5 Å². The van der Waals surface area contributed by atoms with E-state index < -0.39 is 9.84 Å². The molecule has 19 heavy (non-hydrogen) atoms. The molecule has 0 aliphatic carbocycles. The highest BCUT2D eigenvalue weighted by Crippen LogP contribution is 2.19. The van der Waals surface area contributed by atoms with Crippen LogP contribution in [0.3, 0.4) is 0 Å². The number of rotatable bonds is 5. The predicted molar refractivity (Wildman–Crippen MR) is 74.6 cm³/mol. The Bertz CT molecular complexity index is 402. The Hall–Kier alpha value is -0.620. The van der Waals surface area contributed by atoms with E-state index in [1.807, 2.05) is 0 Å². The summed E-state index contributed by atoms with van der Waals surface area (Å²) in [5, 5.41) is 5.76. The summed E-state index contributed by atoms with van der Waals surface area (Å²) in [6, 6.07) is 0. The van der Waals surface area contributed by atoms with Crippen LogP contribution in [0.5, 0.6) is 0 Å². The average Bonchev–Trinajstić information content (AvgIpc) is 2.74. The normalized spacial score (nSPS) is 30.1. The van der Waals surface area contributed by atoms with E-state index in [2.05, 4.69) is 10.6 Å². The molecular weight excluding hydrogens is 264 g/mol. The lowest BCUT2D eigenvalue weighted by Crippen LogP contribution is -2.35. The minimum absolute atomic E-state index is 0.00678. The van der Waals surface area contributed by atoms with Crippen molar-refractivity contribution >= 4 is 15.7 Å². The molecule has 2 aliphatic heterocycles. The van der Waals surface area contributed by atoms with Crippen molar-refractivity contribution < 1.29 is 13.2 Å². The smallest absolute Gasteiger partial charge is 0.220 e. The van der Waals surface area contributed by atoms with Crippen LogP contribution in [0.15, 0.2) is 0 Å². The Morgan fingerprint density at radius 1 is 1.26 bits per heavy atom. The third kappa shape index (κ3) is 4.45. The monoisotopic (exact) mass is 288 g/mol. The van der Waals surface area contributed by atoms with Crippen LogP contribution >= 0.6 is 0 Å². The summed E-state index contributed by atoms with van der Waals surface area (Å²) in [5.41, 5.74) is 0. The van der Waals surface area contributed by atoms with Crippen molar-refractivity contribution in [3.05, 3.63) is 0 Å². The molecule has 0 aromatic rings. The van der Waals surface area contributed by atoms with Gasteiger partial charge in [0, 0.05) is 13.0 Å². The minimum atomic E-state index is -2.94. The Kier molecular flexibility index (Phi) is 5.21. The molecule has 2 saturated heterocycles. The number of carbonyl (C=O) groups excluding carboxylic acids is 1. The number of hydrogen-bond donors (Lipinski definition) is 2. The van der Waals surface area contributed by atoms with Gasteiger partial charge < -0.3 is 10.6 Å². The maximum absolute atomic E-state index is 11.7. The fourth-order valence-electron chi connectivity index (χ4n) is 2.91. The molecule has 2 aliphatic rings. The molecule has 6 heteroatoms. The number of carbonyl (C=O) groups is 1. The molecule has 5 nitrogen and oxygen atoms in total. The zero-order valence-corrected chi connectivity index (χ0v) is 12.2. The maximum atomic E-state index is 11.7. The molecule has 2 atom stereocenters. The molecule has 2 rings (SSSR count). The van der Waals surface area contributed by atoms with Gasteiger partial charge in [-0.25, -0.2) is 8.42 Å². The second-order valence-electron chi connectivity index (χ2n) is 5.69. The summed E-state index contributed by atoms with van der Waals surface area (Å²) < 4.78 is 23.2. The van der Waals surface area contributed by atoms with E-state index in [4.69, 9.17) is 0 Å². The van der Waals surface area contributed by atoms with E-state index >= 15 is 0 Å². The molecule has 2 fully saturated rings. The fourth-order valence-corrected chi connectivity index (χ4v) is 4.67. The van der Waals surface area contributed by atoms with Gasteiger partial charge in [0.1, 0.15) is 0 Å². The molecule has 0 aromatic carbocycles. The van der Waals surface area contributed by atoms with Crippen molar-refractivity contribution in [3.8, 4) is 0 Å². The molecule has 0 radical (unpaired) electrons. The topological polar surface area (TPSA) is 75.3 Å². The zero-order chi connectivity index (χ0) is 13.7. The number of piperidine rings is 1. The Morgan fingerprint density at radius 3 is 2.74 bits per heavy atom. The van der Waals surface area contributed by atoms with Crippen molar-refractivity contribution in [1.29, 1.82) is 0 Å². The van der Waals surface area contributed by atoms with Gasteiger partial charge >= 0.3 is 0 Å². The highest BCUT2D eigenvalue weighted by Gasteiger charge is 2.31. The van der Waals surface area contributed by atoms with Gasteiger partial charge in [-0.3, -0.25) is 4.79 Å². The Balaban J connectivity index is 1.64. The Morgan fingerprint density at radius 2 is 2.11 bits per heavy atom. The number of hydrogen-bond acceptors (Lipinski definition) is 4. The van der Waals surface area contributed by atoms with Gasteiger partial charge in [-0.05, 0) is 51.1 Å². The molecule has 2 heterocycles. The van der Waals surface area contributed by atoms with E-state index in [0.717, 1.165) is 25.9 Å². The van der Waals surface area contributed by atoms with Gasteiger partial charge in [-0.2, -0.15) is 0 Å². The van der Waals surface area contributed by atoms with E-state index in [0.29, 0.717) is 25.3 Å². The van der Waals surface area contributed by atoms with Crippen molar-refractivity contribution in [2.75, 3.05) is 25.4 Å². The first-order valence-electron chi connectivity index (χ1n) is 7.27. The summed E-state index contributed by atoms with van der Waals surface area (Å²) in [4.78, 5) is 11.7. The van der Waals surface area contributed by atoms with Crippen molar-refractivity contribution in [2.45, 2.75) is 43.8 Å². The molecule has 1 amide bonds. The standard InChI is InChI=1S/C13H24N2O3S/c16-13(6-5-11-3-1-7-14-9-11)15-10-12-4-2-8-19(12,17)18/h11-12,14H,1-10H2,(H,15,16). The second-order valence-corrected chi connectivity index (χ2v) is 8.09. The highest BCUT2D eigenvalue weighted by molar-refractivity contribution is 7.92. The lowest BCUT2D eigenvalue weighted by Gasteiger charge is -2.22. The predicted octanol–water partition coefficient (Wildman–Crippen LogP) is 0.460. The molecule has 2 N–H and O–H groups in total. The summed E-state index contributed by atoms with van der Waals surface area (Å²) in [5.74, 6) is 0.865. The largest absolute Gasteiger partial charge is 0.355 e. The number of nitrogens with one attached hydrogen (secondary N) is 2. The minimum Gasteiger partial charge on any atom is -0.355 e. The van der Waals surface area contributed by atoms with Gasteiger partial charge in [0.05, 0.1) is 11.0 Å². The van der Waals surface area contributed by atoms with Crippen molar-refractivity contribution in [1.82, 2.24) is 10.6 Å². The Labute approximate surface area is 115 Å². The first kappa shape index (κ1) is 14.8. The third-order valence-corrected chi connectivity index (χ3v) is 6.44. The van der Waals surface area contributed by atoms with E-state index in [9.17, 15) is 13.2 Å². The molecule has 2 unspecified atom stereocenters. The van der Waals surface area contributed by atoms with Crippen LogP contribution in [0.25, 0.3) is 0 Å². The molecule has 110 valence electrons. The van der Waals surface area contributed by atoms with Gasteiger partial charge in [0.15, 0.2) is 9.84 Å². The first-order valence-corrected chi connectivity index (χ1v) is 8.98. The van der Waals surface area contributed by atoms with Crippen molar-refractivity contribution in [2.24, 2.45) is 5.92 Å². The van der Waals surface area contributed by atoms with Crippen LogP contribution in [0.4, 0.5) is 0 Å². The van der Waals surface area contributed by atoms with E-state index in [1.165, 1.54) is 12.8 Å². The zero-order valence-electron chi connectivity index (χ0n) is 11.4. The van der Waals surface area contributed by atoms with Gasteiger partial charge in [-0.15, -0.1) is 0 Å². The molecular formula is C13H24N2O3S. The quantitative estimate of drug-likeness (QED) is 0.770. The van der Waals surface area contributed by atoms with Gasteiger partial charge in [0.25, 0.3) is 0 Å². The molecule has 0 bridgehead atoms. The number of sulfone groups is 1. The highest BCUT2D eigenvalue weighted by atomic mass is 32.2. The van der Waals surface area contributed by atoms with Crippen LogP contribution in [0.2, 0.25) is 0 Å². The van der Waals surface area contributed by atoms with Gasteiger partial charge in [-0.1, -0.05) is 0 Å². The lowest BCUT2D eigenvalue weighted by molar-refractivity contribution is -0.121. The summed E-state index contributed by atoms with van der Waals surface area (Å²) in [6.45, 7) is 2.39. The summed E-state index contributed by atoms with van der Waals surface area (Å²) in [6.07, 6.45) is 5.21. The van der Waals surface area contributed by atoms with E-state index in [1.54, 1.807) is 0 Å². The fraction of sp³-hybridized carbons (Fsp3) is 0.923. The van der Waals surface area contributed by atoms with E-state index in [-0.39, 0.29) is 16.9 Å². The third-order valence-electron chi connectivity index (χ3n) is 4.17. The maximum Gasteiger partial charge on any atom is 0.220 e. The molecule has 0 saturated carbocycles. The lowest BCUT2D eigenvalue weighted by atomic mass is 9.94.